The van der Waals surface area contributed by atoms with Gasteiger partial charge in [-0.3, -0.25) is 4.18 Å². The number of benzene rings is 1. The molecule has 0 aliphatic heterocycles. The summed E-state index contributed by atoms with van der Waals surface area (Å²) in [5, 5.41) is 0. The first-order valence-electron chi connectivity index (χ1n) is 3.11. The van der Waals surface area contributed by atoms with Gasteiger partial charge in [-0.15, -0.1) is 0 Å². The molecule has 0 aromatic heterocycles. The van der Waals surface area contributed by atoms with Crippen molar-refractivity contribution in [3.8, 4) is 0 Å². The van der Waals surface area contributed by atoms with Crippen molar-refractivity contribution in [2.45, 2.75) is 4.90 Å². The lowest BCUT2D eigenvalue weighted by Gasteiger charge is -2.02. The lowest BCUT2D eigenvalue weighted by atomic mass is 10.3. The molecule has 0 bridgehead atoms. The van der Waals surface area contributed by atoms with Crippen molar-refractivity contribution in [2.24, 2.45) is 0 Å². The Morgan fingerprint density at radius 1 is 1.46 bits per heavy atom. The molecule has 0 heterocycles. The molecule has 0 aliphatic carbocycles. The van der Waals surface area contributed by atoms with Crippen molar-refractivity contribution in [3.05, 3.63) is 35.6 Å². The van der Waals surface area contributed by atoms with E-state index >= 15 is 0 Å². The highest BCUT2D eigenvalue weighted by molar-refractivity contribution is 9.10. The molecule has 0 spiro atoms. The molecule has 1 aromatic rings. The fourth-order valence-electron chi connectivity index (χ4n) is 0.732. The number of halogens is 2. The lowest BCUT2D eigenvalue weighted by Crippen LogP contribution is -2.04. The van der Waals surface area contributed by atoms with Crippen molar-refractivity contribution >= 4 is 26.0 Å². The molecule has 0 aliphatic rings. The quantitative estimate of drug-likeness (QED) is 0.771. The fourth-order valence-corrected chi connectivity index (χ4v) is 1.95. The molecule has 0 saturated carbocycles. The van der Waals surface area contributed by atoms with Gasteiger partial charge in [-0.1, -0.05) is 15.9 Å². The zero-order chi connectivity index (χ0) is 10.1. The van der Waals surface area contributed by atoms with E-state index < -0.39 is 20.8 Å². The van der Waals surface area contributed by atoms with E-state index in [0.29, 0.717) is 4.47 Å². The van der Waals surface area contributed by atoms with E-state index in [4.69, 9.17) is 0 Å². The maximum Gasteiger partial charge on any atom is 0.300 e. The third-order valence-corrected chi connectivity index (χ3v) is 2.97. The van der Waals surface area contributed by atoms with Crippen LogP contribution in [-0.2, 0) is 14.3 Å². The Labute approximate surface area is 83.8 Å². The van der Waals surface area contributed by atoms with Gasteiger partial charge in [0, 0.05) is 4.47 Å². The van der Waals surface area contributed by atoms with Crippen LogP contribution in [-0.4, -0.2) is 8.42 Å². The van der Waals surface area contributed by atoms with Gasteiger partial charge in [0.2, 0.25) is 0 Å². The van der Waals surface area contributed by atoms with Crippen LogP contribution < -0.4 is 0 Å². The molecule has 3 nitrogen and oxygen atoms in total. The maximum absolute atomic E-state index is 12.9. The van der Waals surface area contributed by atoms with E-state index in [2.05, 4.69) is 27.2 Å². The van der Waals surface area contributed by atoms with Crippen LogP contribution in [0.4, 0.5) is 4.39 Å². The molecule has 13 heavy (non-hydrogen) atoms. The third kappa shape index (κ3) is 2.26. The maximum atomic E-state index is 12.9. The van der Waals surface area contributed by atoms with Crippen LogP contribution in [0.5, 0.6) is 0 Å². The van der Waals surface area contributed by atoms with Crippen LogP contribution in [0.1, 0.15) is 0 Å². The smallest absolute Gasteiger partial charge is 0.264 e. The average Bonchev–Trinajstić information content (AvgIpc) is 2.09. The monoisotopic (exact) mass is 267 g/mol. The minimum atomic E-state index is -4.07. The summed E-state index contributed by atoms with van der Waals surface area (Å²) in [4.78, 5) is -0.531. The van der Waals surface area contributed by atoms with Crippen LogP contribution >= 0.6 is 15.9 Å². The van der Waals surface area contributed by atoms with Gasteiger partial charge < -0.3 is 0 Å². The third-order valence-electron chi connectivity index (χ3n) is 1.32. The Bertz CT molecular complexity index is 416. The molecule has 6 heteroatoms. The van der Waals surface area contributed by atoms with Gasteiger partial charge in [-0.05, 0) is 18.2 Å². The van der Waals surface area contributed by atoms with Crippen molar-refractivity contribution in [2.75, 3.05) is 0 Å². The van der Waals surface area contributed by atoms with Crippen LogP contribution in [0.25, 0.3) is 0 Å². The minimum absolute atomic E-state index is 0.449. The summed E-state index contributed by atoms with van der Waals surface area (Å²) in [5.74, 6) is -0.869. The van der Waals surface area contributed by atoms with Gasteiger partial charge in [0.15, 0.2) is 0 Å². The predicted octanol–water partition coefficient (Wildman–Crippen LogP) is 2.09. The zero-order valence-corrected chi connectivity index (χ0v) is 8.73. The molecule has 1 radical (unpaired) electrons. The summed E-state index contributed by atoms with van der Waals surface area (Å²) in [6, 6.07) is 3.52. The first-order valence-corrected chi connectivity index (χ1v) is 5.31. The SMILES string of the molecule is [CH2]OS(=O)(=O)c1cc(Br)ccc1F. The van der Waals surface area contributed by atoms with Crippen LogP contribution in [0, 0.1) is 12.9 Å². The van der Waals surface area contributed by atoms with E-state index in [9.17, 15) is 12.8 Å². The second-order valence-electron chi connectivity index (χ2n) is 2.15. The van der Waals surface area contributed by atoms with E-state index in [1.54, 1.807) is 0 Å². The Morgan fingerprint density at radius 3 is 2.62 bits per heavy atom. The molecular weight excluding hydrogens is 263 g/mol. The topological polar surface area (TPSA) is 43.4 Å². The van der Waals surface area contributed by atoms with Gasteiger partial charge in [0.1, 0.15) is 10.7 Å². The molecule has 0 N–H and O–H groups in total. The van der Waals surface area contributed by atoms with Gasteiger partial charge in [-0.25, -0.2) is 4.39 Å². The first-order chi connectivity index (χ1) is 5.97. The van der Waals surface area contributed by atoms with E-state index in [0.717, 1.165) is 12.1 Å². The Hall–Kier alpha value is -0.460. The van der Waals surface area contributed by atoms with Gasteiger partial charge in [-0.2, -0.15) is 8.42 Å². The summed E-state index contributed by atoms with van der Waals surface area (Å²) >= 11 is 3.01. The fraction of sp³-hybridized carbons (Fsp3) is 0. The summed E-state index contributed by atoms with van der Waals surface area (Å²) in [5.41, 5.74) is 0. The molecule has 0 atom stereocenters. The highest BCUT2D eigenvalue weighted by Gasteiger charge is 2.18. The van der Waals surface area contributed by atoms with Crippen molar-refractivity contribution in [1.82, 2.24) is 0 Å². The van der Waals surface area contributed by atoms with E-state index in [-0.39, 0.29) is 0 Å². The molecule has 0 fully saturated rings. The molecule has 0 unspecified atom stereocenters. The Balaban J connectivity index is 3.38. The number of hydrogen-bond donors (Lipinski definition) is 0. The van der Waals surface area contributed by atoms with Crippen LogP contribution in [0.15, 0.2) is 27.6 Å². The van der Waals surface area contributed by atoms with E-state index in [1.807, 2.05) is 0 Å². The van der Waals surface area contributed by atoms with Gasteiger partial charge >= 0.3 is 0 Å². The second kappa shape index (κ2) is 3.73. The molecule has 1 aromatic carbocycles. The molecule has 71 valence electrons. The molecule has 0 saturated heterocycles. The minimum Gasteiger partial charge on any atom is -0.264 e. The summed E-state index contributed by atoms with van der Waals surface area (Å²) in [7, 11) is -1.33. The van der Waals surface area contributed by atoms with E-state index in [1.165, 1.54) is 6.07 Å². The number of rotatable bonds is 2. The summed E-state index contributed by atoms with van der Waals surface area (Å²) in [6.45, 7) is 0. The largest absolute Gasteiger partial charge is 0.300 e. The van der Waals surface area contributed by atoms with Crippen molar-refractivity contribution in [3.63, 3.8) is 0 Å². The number of hydrogen-bond acceptors (Lipinski definition) is 3. The van der Waals surface area contributed by atoms with Crippen molar-refractivity contribution in [1.29, 1.82) is 0 Å². The van der Waals surface area contributed by atoms with Crippen molar-refractivity contribution < 1.29 is 17.0 Å². The highest BCUT2D eigenvalue weighted by atomic mass is 79.9. The van der Waals surface area contributed by atoms with Gasteiger partial charge in [0.25, 0.3) is 10.1 Å². The average molecular weight is 268 g/mol. The summed E-state index contributed by atoms with van der Waals surface area (Å²) < 4.78 is 39.4. The normalized spacial score (nSPS) is 11.6. The molecule has 1 rings (SSSR count). The highest BCUT2D eigenvalue weighted by Crippen LogP contribution is 2.21. The Kier molecular flexibility index (Phi) is 3.05. The standard InChI is InChI=1S/C7H5BrFO3S/c1-12-13(10,11)7-4-5(8)2-3-6(7)9/h2-4H,1H2. The van der Waals surface area contributed by atoms with Crippen LogP contribution in [0.3, 0.4) is 0 Å². The predicted molar refractivity (Wildman–Crippen MR) is 47.7 cm³/mol. The first kappa shape index (κ1) is 10.6. The summed E-state index contributed by atoms with van der Waals surface area (Å²) in [6.07, 6.45) is 0. The molecular formula is C7H5BrFO3S. The molecule has 0 amide bonds. The van der Waals surface area contributed by atoms with Crippen LogP contribution in [0.2, 0.25) is 0 Å². The van der Waals surface area contributed by atoms with Gasteiger partial charge in [0.05, 0.1) is 7.11 Å². The zero-order valence-electron chi connectivity index (χ0n) is 6.33. The second-order valence-corrected chi connectivity index (χ2v) is 4.65. The lowest BCUT2D eigenvalue weighted by molar-refractivity contribution is 0.431. The Morgan fingerprint density at radius 2 is 2.08 bits per heavy atom.